The lowest BCUT2D eigenvalue weighted by Crippen LogP contribution is -2.52. The van der Waals surface area contributed by atoms with E-state index >= 15 is 0 Å². The smallest absolute Gasteiger partial charge is 0.270 e. The van der Waals surface area contributed by atoms with E-state index in [0.29, 0.717) is 17.3 Å². The zero-order valence-electron chi connectivity index (χ0n) is 13.5. The van der Waals surface area contributed by atoms with E-state index in [-0.39, 0.29) is 5.91 Å². The molecule has 1 aromatic heterocycles. The van der Waals surface area contributed by atoms with Crippen molar-refractivity contribution in [3.05, 3.63) is 58.9 Å². The van der Waals surface area contributed by atoms with Gasteiger partial charge in [-0.25, -0.2) is 0 Å². The van der Waals surface area contributed by atoms with Gasteiger partial charge in [-0.3, -0.25) is 9.69 Å². The summed E-state index contributed by atoms with van der Waals surface area (Å²) in [5.74, 6) is -0.00846. The van der Waals surface area contributed by atoms with Gasteiger partial charge in [0, 0.05) is 38.4 Å². The first kappa shape index (κ1) is 15.0. The van der Waals surface area contributed by atoms with E-state index in [1.54, 1.807) is 12.3 Å². The third kappa shape index (κ3) is 2.70. The summed E-state index contributed by atoms with van der Waals surface area (Å²) in [4.78, 5) is 19.8. The Kier molecular flexibility index (Phi) is 3.83. The quantitative estimate of drug-likeness (QED) is 0.918. The van der Waals surface area contributed by atoms with Gasteiger partial charge in [-0.2, -0.15) is 5.26 Å². The summed E-state index contributed by atoms with van der Waals surface area (Å²) < 4.78 is 0. The lowest BCUT2D eigenvalue weighted by Gasteiger charge is -2.37. The van der Waals surface area contributed by atoms with Gasteiger partial charge in [-0.15, -0.1) is 0 Å². The van der Waals surface area contributed by atoms with E-state index in [0.717, 1.165) is 39.0 Å². The van der Waals surface area contributed by atoms with Gasteiger partial charge in [-0.05, 0) is 30.0 Å². The molecule has 2 aliphatic rings. The van der Waals surface area contributed by atoms with Gasteiger partial charge in [0.2, 0.25) is 0 Å². The van der Waals surface area contributed by atoms with E-state index in [4.69, 9.17) is 5.26 Å². The number of H-pyrrole nitrogens is 1. The van der Waals surface area contributed by atoms with Crippen LogP contribution in [0.2, 0.25) is 0 Å². The summed E-state index contributed by atoms with van der Waals surface area (Å²) in [6.45, 7) is 3.31. The highest BCUT2D eigenvalue weighted by molar-refractivity contribution is 5.93. The average molecular weight is 320 g/mol. The largest absolute Gasteiger partial charge is 0.356 e. The summed E-state index contributed by atoms with van der Waals surface area (Å²) in [5, 5.41) is 8.87. The number of nitrogens with one attached hydrogen (secondary N) is 1. The second-order valence-electron chi connectivity index (χ2n) is 6.57. The SMILES string of the molecule is N#Cc1c[nH]c(C(=O)N2CCN(C3Cc4ccccc4C3)CC2)c1. The van der Waals surface area contributed by atoms with Crippen LogP contribution in [0, 0.1) is 11.3 Å². The molecule has 1 N–H and O–H groups in total. The Bertz CT molecular complexity index is 771. The summed E-state index contributed by atoms with van der Waals surface area (Å²) in [6.07, 6.45) is 3.82. The van der Waals surface area contributed by atoms with Crippen molar-refractivity contribution in [3.63, 3.8) is 0 Å². The predicted octanol–water partition coefficient (Wildman–Crippen LogP) is 1.81. The molecular weight excluding hydrogens is 300 g/mol. The third-order valence-corrected chi connectivity index (χ3v) is 5.19. The number of aromatic nitrogens is 1. The maximum absolute atomic E-state index is 12.5. The molecule has 2 heterocycles. The Balaban J connectivity index is 1.36. The molecule has 4 rings (SSSR count). The molecule has 1 fully saturated rings. The van der Waals surface area contributed by atoms with Gasteiger partial charge in [0.05, 0.1) is 5.56 Å². The monoisotopic (exact) mass is 320 g/mol. The van der Waals surface area contributed by atoms with Crippen LogP contribution in [-0.4, -0.2) is 52.9 Å². The molecule has 2 aromatic rings. The van der Waals surface area contributed by atoms with Crippen LogP contribution in [0.25, 0.3) is 0 Å². The number of aromatic amines is 1. The lowest BCUT2D eigenvalue weighted by molar-refractivity contribution is 0.0571. The van der Waals surface area contributed by atoms with Crippen LogP contribution < -0.4 is 0 Å². The van der Waals surface area contributed by atoms with Crippen molar-refractivity contribution in [3.8, 4) is 6.07 Å². The minimum Gasteiger partial charge on any atom is -0.356 e. The number of carbonyl (C=O) groups is 1. The fourth-order valence-corrected chi connectivity index (χ4v) is 3.84. The first-order chi connectivity index (χ1) is 11.7. The van der Waals surface area contributed by atoms with Gasteiger partial charge in [0.1, 0.15) is 11.8 Å². The van der Waals surface area contributed by atoms with Gasteiger partial charge >= 0.3 is 0 Å². The number of benzene rings is 1. The zero-order chi connectivity index (χ0) is 16.5. The van der Waals surface area contributed by atoms with E-state index in [1.165, 1.54) is 11.1 Å². The number of nitrogens with zero attached hydrogens (tertiary/aromatic N) is 3. The molecule has 0 radical (unpaired) electrons. The van der Waals surface area contributed by atoms with E-state index in [9.17, 15) is 4.79 Å². The molecule has 5 nitrogen and oxygen atoms in total. The predicted molar refractivity (Wildman–Crippen MR) is 90.6 cm³/mol. The van der Waals surface area contributed by atoms with Crippen LogP contribution in [0.5, 0.6) is 0 Å². The number of hydrogen-bond acceptors (Lipinski definition) is 3. The van der Waals surface area contributed by atoms with Gasteiger partial charge in [0.25, 0.3) is 5.91 Å². The third-order valence-electron chi connectivity index (χ3n) is 5.19. The second kappa shape index (κ2) is 6.14. The Labute approximate surface area is 141 Å². The van der Waals surface area contributed by atoms with Crippen molar-refractivity contribution in [2.24, 2.45) is 0 Å². The Morgan fingerprint density at radius 1 is 1.12 bits per heavy atom. The van der Waals surface area contributed by atoms with Crippen LogP contribution in [-0.2, 0) is 12.8 Å². The highest BCUT2D eigenvalue weighted by Crippen LogP contribution is 2.26. The maximum atomic E-state index is 12.5. The number of rotatable bonds is 2. The lowest BCUT2D eigenvalue weighted by atomic mass is 10.1. The molecule has 0 bridgehead atoms. The summed E-state index contributed by atoms with van der Waals surface area (Å²) >= 11 is 0. The number of nitriles is 1. The minimum atomic E-state index is -0.00846. The van der Waals surface area contributed by atoms with Crippen molar-refractivity contribution in [2.45, 2.75) is 18.9 Å². The molecule has 1 saturated heterocycles. The average Bonchev–Trinajstić information content (AvgIpc) is 3.28. The number of fused-ring (bicyclic) bond motifs is 1. The number of carbonyl (C=O) groups excluding carboxylic acids is 1. The molecule has 1 amide bonds. The van der Waals surface area contributed by atoms with E-state index in [1.807, 2.05) is 11.0 Å². The molecule has 0 unspecified atom stereocenters. The van der Waals surface area contributed by atoms with Gasteiger partial charge < -0.3 is 9.88 Å². The molecule has 24 heavy (non-hydrogen) atoms. The van der Waals surface area contributed by atoms with Crippen LogP contribution in [0.15, 0.2) is 36.5 Å². The van der Waals surface area contributed by atoms with Crippen LogP contribution in [0.1, 0.15) is 27.2 Å². The molecule has 1 aliphatic heterocycles. The van der Waals surface area contributed by atoms with Crippen molar-refractivity contribution >= 4 is 5.91 Å². The summed E-state index contributed by atoms with van der Waals surface area (Å²) in [6, 6.07) is 12.9. The van der Waals surface area contributed by atoms with Crippen molar-refractivity contribution in [1.82, 2.24) is 14.8 Å². The van der Waals surface area contributed by atoms with Crippen molar-refractivity contribution in [2.75, 3.05) is 26.2 Å². The fraction of sp³-hybridized carbons (Fsp3) is 0.368. The van der Waals surface area contributed by atoms with Crippen molar-refractivity contribution < 1.29 is 4.79 Å². The molecule has 0 atom stereocenters. The maximum Gasteiger partial charge on any atom is 0.270 e. The highest BCUT2D eigenvalue weighted by atomic mass is 16.2. The van der Waals surface area contributed by atoms with Gasteiger partial charge in [0.15, 0.2) is 0 Å². The Morgan fingerprint density at radius 3 is 2.38 bits per heavy atom. The standard InChI is InChI=1S/C19H20N4O/c20-12-14-9-18(21-13-14)19(24)23-7-5-22(6-8-23)17-10-15-3-1-2-4-16(15)11-17/h1-4,9,13,17,21H,5-8,10-11H2. The number of piperazine rings is 1. The molecule has 1 aliphatic carbocycles. The Morgan fingerprint density at radius 2 is 1.79 bits per heavy atom. The fourth-order valence-electron chi connectivity index (χ4n) is 3.84. The minimum absolute atomic E-state index is 0.00846. The Hall–Kier alpha value is -2.58. The van der Waals surface area contributed by atoms with Crippen LogP contribution in [0.4, 0.5) is 0 Å². The molecule has 5 heteroatoms. The first-order valence-corrected chi connectivity index (χ1v) is 8.43. The normalized spacial score (nSPS) is 18.4. The van der Waals surface area contributed by atoms with Crippen LogP contribution in [0.3, 0.4) is 0 Å². The topological polar surface area (TPSA) is 63.1 Å². The zero-order valence-corrected chi connectivity index (χ0v) is 13.5. The first-order valence-electron chi connectivity index (χ1n) is 8.43. The highest BCUT2D eigenvalue weighted by Gasteiger charge is 2.30. The van der Waals surface area contributed by atoms with Crippen molar-refractivity contribution in [1.29, 1.82) is 5.26 Å². The molecule has 1 aromatic carbocycles. The summed E-state index contributed by atoms with van der Waals surface area (Å²) in [7, 11) is 0. The van der Waals surface area contributed by atoms with E-state index < -0.39 is 0 Å². The summed E-state index contributed by atoms with van der Waals surface area (Å²) in [5.41, 5.74) is 3.95. The number of amides is 1. The van der Waals surface area contributed by atoms with E-state index in [2.05, 4.69) is 34.1 Å². The molecule has 122 valence electrons. The molecular formula is C19H20N4O. The van der Waals surface area contributed by atoms with Crippen LogP contribution >= 0.6 is 0 Å². The van der Waals surface area contributed by atoms with Gasteiger partial charge in [-0.1, -0.05) is 24.3 Å². The second-order valence-corrected chi connectivity index (χ2v) is 6.57. The number of hydrogen-bond donors (Lipinski definition) is 1. The molecule has 0 saturated carbocycles. The molecule has 0 spiro atoms.